The minimum atomic E-state index is -0.765. The van der Waals surface area contributed by atoms with E-state index in [9.17, 15) is 20.1 Å². The Morgan fingerprint density at radius 3 is 2.29 bits per heavy atom. The van der Waals surface area contributed by atoms with Crippen molar-refractivity contribution in [2.24, 2.45) is 5.92 Å². The summed E-state index contributed by atoms with van der Waals surface area (Å²) in [6.07, 6.45) is -1.84. The molecule has 5 atom stereocenters. The summed E-state index contributed by atoms with van der Waals surface area (Å²) in [6.45, 7) is 5.00. The van der Waals surface area contributed by atoms with Gasteiger partial charge in [-0.3, -0.25) is 4.79 Å². The molecule has 0 bridgehead atoms. The van der Waals surface area contributed by atoms with Crippen LogP contribution in [0.5, 0.6) is 5.75 Å². The molecule has 236 valence electrons. The molecule has 4 N–H and O–H groups in total. The fraction of sp³-hybridized carbons (Fsp3) is 0.324. The van der Waals surface area contributed by atoms with Gasteiger partial charge in [-0.1, -0.05) is 85.8 Å². The Morgan fingerprint density at radius 1 is 0.889 bits per heavy atom. The van der Waals surface area contributed by atoms with Crippen molar-refractivity contribution in [2.75, 3.05) is 20.1 Å². The van der Waals surface area contributed by atoms with E-state index in [2.05, 4.69) is 30.4 Å². The standard InChI is InChI=1S/C37H42N2O6/c1-24-35(22-39(3)21-34(43)32-8-5-9-33(42)19-32)44-37(45-36(24)29-12-10-26(23-40)11-13-29)30-16-14-28(15-17-30)31-7-4-6-27(18-31)20-38-25(2)41/h4-19,24,34-37,40,42-43H,20-23H2,1-3H3,(H,38,41). The number of nitrogens with one attached hydrogen (secondary N) is 1. The molecule has 5 unspecified atom stereocenters. The number of phenols is 1. The number of carbonyl (C=O) groups is 1. The van der Waals surface area contributed by atoms with Crippen LogP contribution < -0.4 is 5.32 Å². The topological polar surface area (TPSA) is 111 Å². The molecule has 1 saturated heterocycles. The Balaban J connectivity index is 1.35. The van der Waals surface area contributed by atoms with Gasteiger partial charge in [0.05, 0.1) is 24.9 Å². The average Bonchev–Trinajstić information content (AvgIpc) is 3.05. The Bertz CT molecular complexity index is 1560. The number of aliphatic hydroxyl groups is 2. The molecule has 1 heterocycles. The van der Waals surface area contributed by atoms with Gasteiger partial charge in [-0.05, 0) is 58.6 Å². The second-order valence-corrected chi connectivity index (χ2v) is 11.9. The van der Waals surface area contributed by atoms with Gasteiger partial charge in [0.15, 0.2) is 6.29 Å². The molecule has 0 saturated carbocycles. The highest BCUT2D eigenvalue weighted by molar-refractivity contribution is 5.73. The summed E-state index contributed by atoms with van der Waals surface area (Å²) in [5.74, 6) is 0.0516. The zero-order valence-electron chi connectivity index (χ0n) is 26.0. The summed E-state index contributed by atoms with van der Waals surface area (Å²) in [7, 11) is 1.95. The number of hydrogen-bond acceptors (Lipinski definition) is 7. The van der Waals surface area contributed by atoms with Crippen molar-refractivity contribution in [1.82, 2.24) is 10.2 Å². The maximum Gasteiger partial charge on any atom is 0.217 e. The van der Waals surface area contributed by atoms with Crippen LogP contribution in [-0.2, 0) is 27.4 Å². The predicted molar refractivity (Wildman–Crippen MR) is 173 cm³/mol. The maximum absolute atomic E-state index is 11.4. The van der Waals surface area contributed by atoms with Crippen LogP contribution in [-0.4, -0.2) is 52.4 Å². The van der Waals surface area contributed by atoms with Crippen LogP contribution in [0.25, 0.3) is 11.1 Å². The second-order valence-electron chi connectivity index (χ2n) is 11.9. The molecule has 1 amide bonds. The fourth-order valence-corrected chi connectivity index (χ4v) is 5.76. The minimum absolute atomic E-state index is 0.00721. The lowest BCUT2D eigenvalue weighted by molar-refractivity contribution is -0.276. The molecule has 0 spiro atoms. The lowest BCUT2D eigenvalue weighted by Gasteiger charge is -2.42. The van der Waals surface area contributed by atoms with Gasteiger partial charge in [0.2, 0.25) is 5.91 Å². The van der Waals surface area contributed by atoms with Crippen molar-refractivity contribution in [3.63, 3.8) is 0 Å². The number of aliphatic hydroxyl groups excluding tert-OH is 2. The largest absolute Gasteiger partial charge is 0.508 e. The summed E-state index contributed by atoms with van der Waals surface area (Å²) in [6, 6.07) is 30.8. The third kappa shape index (κ3) is 8.36. The van der Waals surface area contributed by atoms with Gasteiger partial charge in [0, 0.05) is 38.0 Å². The van der Waals surface area contributed by atoms with E-state index in [0.29, 0.717) is 25.2 Å². The smallest absolute Gasteiger partial charge is 0.217 e. The van der Waals surface area contributed by atoms with E-state index < -0.39 is 12.4 Å². The molecule has 4 aromatic carbocycles. The van der Waals surface area contributed by atoms with Gasteiger partial charge in [0.25, 0.3) is 0 Å². The Hall–Kier alpha value is -4.05. The number of benzene rings is 4. The van der Waals surface area contributed by atoms with Crippen LogP contribution in [0.3, 0.4) is 0 Å². The molecule has 0 radical (unpaired) electrons. The lowest BCUT2D eigenvalue weighted by Crippen LogP contribution is -2.44. The number of nitrogens with zero attached hydrogens (tertiary/aromatic N) is 1. The first kappa shape index (κ1) is 32.3. The zero-order chi connectivity index (χ0) is 31.9. The molecule has 1 fully saturated rings. The van der Waals surface area contributed by atoms with Crippen LogP contribution in [0.1, 0.15) is 60.2 Å². The molecule has 1 aliphatic rings. The number of likely N-dealkylation sites (N-methyl/N-ethyl adjacent to an activating group) is 1. The molecule has 8 heteroatoms. The number of aromatic hydroxyl groups is 1. The molecule has 0 aliphatic carbocycles. The third-order valence-corrected chi connectivity index (χ3v) is 8.34. The number of hydrogen-bond donors (Lipinski definition) is 4. The monoisotopic (exact) mass is 610 g/mol. The van der Waals surface area contributed by atoms with Crippen molar-refractivity contribution in [1.29, 1.82) is 0 Å². The van der Waals surface area contributed by atoms with Gasteiger partial charge < -0.3 is 35.0 Å². The minimum Gasteiger partial charge on any atom is -0.508 e. The van der Waals surface area contributed by atoms with E-state index in [-0.39, 0.29) is 36.4 Å². The second kappa shape index (κ2) is 14.8. The maximum atomic E-state index is 11.4. The number of rotatable bonds is 11. The van der Waals surface area contributed by atoms with Crippen molar-refractivity contribution >= 4 is 5.91 Å². The Kier molecular flexibility index (Phi) is 10.7. The number of carbonyl (C=O) groups excluding carboxylic acids is 1. The number of phenolic OH excluding ortho intramolecular Hbond substituents is 1. The molecule has 1 aliphatic heterocycles. The molecular formula is C37H42N2O6. The first-order valence-corrected chi connectivity index (χ1v) is 15.3. The predicted octanol–water partition coefficient (Wildman–Crippen LogP) is 5.64. The zero-order valence-corrected chi connectivity index (χ0v) is 26.0. The van der Waals surface area contributed by atoms with Gasteiger partial charge in [-0.25, -0.2) is 0 Å². The summed E-state index contributed by atoms with van der Waals surface area (Å²) in [5.41, 5.74) is 6.51. The van der Waals surface area contributed by atoms with Crippen molar-refractivity contribution in [3.8, 4) is 16.9 Å². The number of ether oxygens (including phenoxy) is 2. The van der Waals surface area contributed by atoms with Gasteiger partial charge in [-0.2, -0.15) is 0 Å². The first-order chi connectivity index (χ1) is 21.7. The number of amides is 1. The fourth-order valence-electron chi connectivity index (χ4n) is 5.76. The van der Waals surface area contributed by atoms with Crippen LogP contribution in [0.15, 0.2) is 97.1 Å². The van der Waals surface area contributed by atoms with Crippen LogP contribution in [0.2, 0.25) is 0 Å². The van der Waals surface area contributed by atoms with Crippen LogP contribution in [0, 0.1) is 5.92 Å². The highest BCUT2D eigenvalue weighted by atomic mass is 16.7. The van der Waals surface area contributed by atoms with E-state index in [0.717, 1.165) is 33.4 Å². The van der Waals surface area contributed by atoms with Crippen LogP contribution in [0.4, 0.5) is 0 Å². The summed E-state index contributed by atoms with van der Waals surface area (Å²) in [5, 5.41) is 33.1. The SMILES string of the molecule is CC(=O)NCc1cccc(-c2ccc(C3OC(CN(C)CC(O)c4cccc(O)c4)C(C)C(c4ccc(CO)cc4)O3)cc2)c1. The van der Waals surface area contributed by atoms with E-state index in [4.69, 9.17) is 9.47 Å². The highest BCUT2D eigenvalue weighted by Gasteiger charge is 2.39. The molecule has 45 heavy (non-hydrogen) atoms. The van der Waals surface area contributed by atoms with Crippen molar-refractivity contribution in [3.05, 3.63) is 125 Å². The van der Waals surface area contributed by atoms with E-state index in [1.807, 2.05) is 66.5 Å². The summed E-state index contributed by atoms with van der Waals surface area (Å²) >= 11 is 0. The van der Waals surface area contributed by atoms with Crippen molar-refractivity contribution < 1.29 is 29.6 Å². The van der Waals surface area contributed by atoms with E-state index in [1.165, 1.54) is 6.92 Å². The van der Waals surface area contributed by atoms with E-state index in [1.54, 1.807) is 24.3 Å². The van der Waals surface area contributed by atoms with Crippen LogP contribution >= 0.6 is 0 Å². The van der Waals surface area contributed by atoms with Crippen molar-refractivity contribution in [2.45, 2.75) is 51.6 Å². The molecule has 4 aromatic rings. The van der Waals surface area contributed by atoms with Gasteiger partial charge >= 0.3 is 0 Å². The van der Waals surface area contributed by atoms with Gasteiger partial charge in [0.1, 0.15) is 5.75 Å². The lowest BCUT2D eigenvalue weighted by atomic mass is 9.90. The van der Waals surface area contributed by atoms with Gasteiger partial charge in [-0.15, -0.1) is 0 Å². The molecule has 0 aromatic heterocycles. The highest BCUT2D eigenvalue weighted by Crippen LogP contribution is 2.42. The molecular weight excluding hydrogens is 568 g/mol. The Labute approximate surface area is 264 Å². The quantitative estimate of drug-likeness (QED) is 0.174. The van der Waals surface area contributed by atoms with E-state index >= 15 is 0 Å². The Morgan fingerprint density at radius 2 is 1.60 bits per heavy atom. The molecule has 5 rings (SSSR count). The average molecular weight is 611 g/mol. The summed E-state index contributed by atoms with van der Waals surface area (Å²) < 4.78 is 13.2. The third-order valence-electron chi connectivity index (χ3n) is 8.34. The summed E-state index contributed by atoms with van der Waals surface area (Å²) in [4.78, 5) is 13.4. The normalized spacial score (nSPS) is 20.6. The first-order valence-electron chi connectivity index (χ1n) is 15.3. The molecule has 8 nitrogen and oxygen atoms in total.